The molecule has 1 aliphatic heterocycles. The maximum atomic E-state index is 12.9. The minimum Gasteiger partial charge on any atom is -0.274 e. The SMILES string of the molecule is CCCCS(=O)(=O)N1CCC(C(=O)n2ccccc2=NC(C)C)CC1. The predicted octanol–water partition coefficient (Wildman–Crippen LogP) is 2.28. The van der Waals surface area contributed by atoms with Crippen molar-refractivity contribution in [2.45, 2.75) is 52.5 Å². The van der Waals surface area contributed by atoms with Crippen LogP contribution in [0.5, 0.6) is 0 Å². The van der Waals surface area contributed by atoms with Crippen LogP contribution in [0, 0.1) is 5.92 Å². The molecular weight excluding hydrogens is 338 g/mol. The molecule has 6 nitrogen and oxygen atoms in total. The lowest BCUT2D eigenvalue weighted by Gasteiger charge is -2.30. The van der Waals surface area contributed by atoms with Gasteiger partial charge in [0, 0.05) is 31.2 Å². The summed E-state index contributed by atoms with van der Waals surface area (Å²) in [7, 11) is -3.19. The Hall–Kier alpha value is -1.47. The Morgan fingerprint density at radius 3 is 2.56 bits per heavy atom. The third-order valence-corrected chi connectivity index (χ3v) is 6.38. The lowest BCUT2D eigenvalue weighted by molar-refractivity contribution is 0.0781. The molecule has 0 saturated carbocycles. The summed E-state index contributed by atoms with van der Waals surface area (Å²) < 4.78 is 27.7. The van der Waals surface area contributed by atoms with E-state index in [0.717, 1.165) is 6.42 Å². The van der Waals surface area contributed by atoms with E-state index in [2.05, 4.69) is 4.99 Å². The number of unbranched alkanes of at least 4 members (excludes halogenated alkanes) is 1. The molecule has 0 aromatic carbocycles. The summed E-state index contributed by atoms with van der Waals surface area (Å²) in [6, 6.07) is 5.63. The molecule has 1 saturated heterocycles. The lowest BCUT2D eigenvalue weighted by atomic mass is 9.97. The molecule has 140 valence electrons. The van der Waals surface area contributed by atoms with E-state index in [0.29, 0.717) is 37.8 Å². The number of carbonyl (C=O) groups is 1. The van der Waals surface area contributed by atoms with Gasteiger partial charge in [0.25, 0.3) is 0 Å². The molecule has 1 fully saturated rings. The second-order valence-corrected chi connectivity index (χ2v) is 8.92. The van der Waals surface area contributed by atoms with Crippen LogP contribution in [0.4, 0.5) is 0 Å². The monoisotopic (exact) mass is 367 g/mol. The molecule has 1 aromatic rings. The van der Waals surface area contributed by atoms with Gasteiger partial charge in [0.1, 0.15) is 5.49 Å². The molecule has 2 rings (SSSR count). The fourth-order valence-electron chi connectivity index (χ4n) is 3.02. The summed E-state index contributed by atoms with van der Waals surface area (Å²) in [5.74, 6) is 0.0456. The van der Waals surface area contributed by atoms with Gasteiger partial charge in [0.15, 0.2) is 0 Å². The minimum atomic E-state index is -3.19. The van der Waals surface area contributed by atoms with Crippen LogP contribution in [0.2, 0.25) is 0 Å². The molecule has 7 heteroatoms. The molecular formula is C18H29N3O3S. The number of pyridine rings is 1. The van der Waals surface area contributed by atoms with Crippen LogP contribution in [0.1, 0.15) is 51.2 Å². The first-order valence-electron chi connectivity index (χ1n) is 9.08. The van der Waals surface area contributed by atoms with Crippen molar-refractivity contribution in [3.63, 3.8) is 0 Å². The van der Waals surface area contributed by atoms with Crippen LogP contribution in [0.15, 0.2) is 29.4 Å². The third kappa shape index (κ3) is 5.25. The van der Waals surface area contributed by atoms with Crippen LogP contribution < -0.4 is 5.49 Å². The second-order valence-electron chi connectivity index (χ2n) is 6.83. The minimum absolute atomic E-state index is 0.00519. The molecule has 0 spiro atoms. The van der Waals surface area contributed by atoms with Crippen molar-refractivity contribution in [1.29, 1.82) is 0 Å². The Morgan fingerprint density at radius 2 is 1.96 bits per heavy atom. The molecule has 0 bridgehead atoms. The van der Waals surface area contributed by atoms with Crippen molar-refractivity contribution >= 4 is 15.9 Å². The fourth-order valence-corrected chi connectivity index (χ4v) is 4.70. The first-order chi connectivity index (χ1) is 11.8. The molecule has 0 amide bonds. The van der Waals surface area contributed by atoms with Crippen LogP contribution in [0.3, 0.4) is 0 Å². The summed E-state index contributed by atoms with van der Waals surface area (Å²) in [5, 5.41) is 0. The van der Waals surface area contributed by atoms with Gasteiger partial charge in [-0.3, -0.25) is 14.4 Å². The summed E-state index contributed by atoms with van der Waals surface area (Å²) >= 11 is 0. The second kappa shape index (κ2) is 8.76. The van der Waals surface area contributed by atoms with Crippen molar-refractivity contribution in [1.82, 2.24) is 8.87 Å². The highest BCUT2D eigenvalue weighted by Crippen LogP contribution is 2.21. The number of hydrogen-bond acceptors (Lipinski definition) is 4. The highest BCUT2D eigenvalue weighted by atomic mass is 32.2. The van der Waals surface area contributed by atoms with E-state index in [1.54, 1.807) is 15.1 Å². The molecule has 0 radical (unpaired) electrons. The Kier molecular flexibility index (Phi) is 6.95. The molecule has 25 heavy (non-hydrogen) atoms. The fraction of sp³-hybridized carbons (Fsp3) is 0.667. The number of nitrogens with zero attached hydrogens (tertiary/aromatic N) is 3. The van der Waals surface area contributed by atoms with E-state index < -0.39 is 10.0 Å². The van der Waals surface area contributed by atoms with E-state index >= 15 is 0 Å². The molecule has 1 aromatic heterocycles. The predicted molar refractivity (Wildman–Crippen MR) is 98.7 cm³/mol. The summed E-state index contributed by atoms with van der Waals surface area (Å²) in [6.45, 7) is 6.78. The zero-order chi connectivity index (χ0) is 18.4. The highest BCUT2D eigenvalue weighted by Gasteiger charge is 2.31. The number of sulfonamides is 1. The van der Waals surface area contributed by atoms with Crippen LogP contribution in [-0.2, 0) is 10.0 Å². The highest BCUT2D eigenvalue weighted by molar-refractivity contribution is 7.89. The quantitative estimate of drug-likeness (QED) is 0.774. The van der Waals surface area contributed by atoms with E-state index in [-0.39, 0.29) is 23.6 Å². The van der Waals surface area contributed by atoms with Crippen LogP contribution in [0.25, 0.3) is 0 Å². The summed E-state index contributed by atoms with van der Waals surface area (Å²) in [4.78, 5) is 17.4. The van der Waals surface area contributed by atoms with Gasteiger partial charge in [-0.15, -0.1) is 0 Å². The van der Waals surface area contributed by atoms with Gasteiger partial charge in [0.2, 0.25) is 15.9 Å². The maximum absolute atomic E-state index is 12.9. The average molecular weight is 368 g/mol. The number of hydrogen-bond donors (Lipinski definition) is 0. The lowest BCUT2D eigenvalue weighted by Crippen LogP contribution is -2.43. The molecule has 0 unspecified atom stereocenters. The number of carbonyl (C=O) groups excluding carboxylic acids is 1. The van der Waals surface area contributed by atoms with Crippen molar-refractivity contribution in [2.75, 3.05) is 18.8 Å². The number of piperidine rings is 1. The van der Waals surface area contributed by atoms with Gasteiger partial charge in [-0.1, -0.05) is 19.4 Å². The van der Waals surface area contributed by atoms with E-state index in [4.69, 9.17) is 0 Å². The van der Waals surface area contributed by atoms with Gasteiger partial charge in [0.05, 0.1) is 5.75 Å². The Bertz CT molecular complexity index is 745. The Labute approximate surface area is 150 Å². The van der Waals surface area contributed by atoms with Crippen LogP contribution in [-0.4, -0.2) is 48.1 Å². The summed E-state index contributed by atoms with van der Waals surface area (Å²) in [5.41, 5.74) is 0.653. The van der Waals surface area contributed by atoms with E-state index in [1.165, 1.54) is 0 Å². The van der Waals surface area contributed by atoms with E-state index in [9.17, 15) is 13.2 Å². The van der Waals surface area contributed by atoms with Crippen molar-refractivity contribution in [2.24, 2.45) is 10.9 Å². The average Bonchev–Trinajstić information content (AvgIpc) is 2.59. The van der Waals surface area contributed by atoms with E-state index in [1.807, 2.05) is 39.0 Å². The Balaban J connectivity index is 2.08. The van der Waals surface area contributed by atoms with Crippen molar-refractivity contribution in [3.8, 4) is 0 Å². The van der Waals surface area contributed by atoms with Gasteiger partial charge in [-0.25, -0.2) is 12.7 Å². The largest absolute Gasteiger partial charge is 0.274 e. The zero-order valence-electron chi connectivity index (χ0n) is 15.4. The smallest absolute Gasteiger partial charge is 0.235 e. The summed E-state index contributed by atoms with van der Waals surface area (Å²) in [6.07, 6.45) is 4.41. The van der Waals surface area contributed by atoms with Gasteiger partial charge in [-0.2, -0.15) is 0 Å². The first kappa shape index (κ1) is 19.8. The Morgan fingerprint density at radius 1 is 1.28 bits per heavy atom. The van der Waals surface area contributed by atoms with Gasteiger partial charge >= 0.3 is 0 Å². The molecule has 1 aliphatic rings. The van der Waals surface area contributed by atoms with Crippen molar-refractivity contribution in [3.05, 3.63) is 29.9 Å². The molecule has 0 N–H and O–H groups in total. The maximum Gasteiger partial charge on any atom is 0.235 e. The normalized spacial score (nSPS) is 18.0. The van der Waals surface area contributed by atoms with Crippen molar-refractivity contribution < 1.29 is 13.2 Å². The van der Waals surface area contributed by atoms with Gasteiger partial charge < -0.3 is 0 Å². The van der Waals surface area contributed by atoms with Crippen LogP contribution >= 0.6 is 0 Å². The topological polar surface area (TPSA) is 71.7 Å². The molecule has 0 aliphatic carbocycles. The third-order valence-electron chi connectivity index (χ3n) is 4.42. The van der Waals surface area contributed by atoms with Gasteiger partial charge in [-0.05, 0) is 45.2 Å². The number of rotatable bonds is 6. The standard InChI is InChI=1S/C18H29N3O3S/c1-4-5-14-25(23,24)20-12-9-16(10-13-20)18(22)21-11-7-6-8-17(21)19-15(2)3/h6-8,11,15-16H,4-5,9-10,12-14H2,1-3H3. The number of aromatic nitrogens is 1. The zero-order valence-corrected chi connectivity index (χ0v) is 16.2. The molecule has 0 atom stereocenters. The first-order valence-corrected chi connectivity index (χ1v) is 10.7. The molecule has 2 heterocycles.